The Morgan fingerprint density at radius 1 is 1.03 bits per heavy atom. The summed E-state index contributed by atoms with van der Waals surface area (Å²) in [6.07, 6.45) is 0. The molecule has 0 radical (unpaired) electrons. The number of nitrogen functional groups attached to an aromatic ring is 1. The van der Waals surface area contributed by atoms with Gasteiger partial charge in [-0.2, -0.15) is 0 Å². The van der Waals surface area contributed by atoms with E-state index in [1.54, 1.807) is 0 Å². The molecule has 5 nitrogen and oxygen atoms in total. The van der Waals surface area contributed by atoms with Crippen molar-refractivity contribution < 1.29 is 18.4 Å². The smallest absolute Gasteiger partial charge is 0.257 e. The number of carbonyl (C=O) groups excluding carboxylic acids is 2. The minimum atomic E-state index is -1.29. The summed E-state index contributed by atoms with van der Waals surface area (Å²) in [6, 6.07) is 13.5. The van der Waals surface area contributed by atoms with Crippen molar-refractivity contribution in [2.24, 2.45) is 5.92 Å². The van der Waals surface area contributed by atoms with Crippen LogP contribution in [0.1, 0.15) is 21.8 Å². The van der Waals surface area contributed by atoms with Gasteiger partial charge in [0, 0.05) is 16.1 Å². The van der Waals surface area contributed by atoms with Gasteiger partial charge in [-0.1, -0.05) is 39.7 Å². The highest BCUT2D eigenvalue weighted by atomic mass is 79.9. The number of nitrogens with one attached hydrogen (secondary N) is 2. The first kappa shape index (κ1) is 24.7. The van der Waals surface area contributed by atoms with Crippen LogP contribution in [0.25, 0.3) is 0 Å². The van der Waals surface area contributed by atoms with Crippen LogP contribution in [0.5, 0.6) is 0 Å². The van der Waals surface area contributed by atoms with Crippen LogP contribution >= 0.6 is 50.7 Å². The summed E-state index contributed by atoms with van der Waals surface area (Å²) in [5.41, 5.74) is 5.28. The molecule has 11 heteroatoms. The molecule has 1 aliphatic carbocycles. The first-order valence-corrected chi connectivity index (χ1v) is 11.7. The van der Waals surface area contributed by atoms with Gasteiger partial charge in [0.1, 0.15) is 15.8 Å². The van der Waals surface area contributed by atoms with Crippen LogP contribution in [-0.2, 0) is 4.79 Å². The molecule has 0 unspecified atom stereocenters. The Morgan fingerprint density at radius 2 is 1.76 bits per heavy atom. The Hall–Kier alpha value is -2.39. The maximum atomic E-state index is 14.2. The van der Waals surface area contributed by atoms with Gasteiger partial charge in [-0.05, 0) is 48.0 Å². The molecule has 0 bridgehead atoms. The summed E-state index contributed by atoms with van der Waals surface area (Å²) in [4.78, 5) is 25.6. The number of alkyl halides is 2. The second-order valence-corrected chi connectivity index (χ2v) is 10.4. The summed E-state index contributed by atoms with van der Waals surface area (Å²) in [6.45, 7) is 0. The molecule has 2 atom stereocenters. The zero-order chi connectivity index (χ0) is 24.8. The standard InChI is InChI=1S/C23H15BrCl3F2N3O2/c24-11-3-1-2-10(8-11)17-18(23(17,26)27)22(34)31-12-4-5-14(25)13(9-12)21(33)32-16-7-6-15(28)20(30)19(16)29/h1-9,17-18H,30H2,(H,31,34)(H,32,33)/t17-,18+/m0/s1. The maximum absolute atomic E-state index is 14.2. The summed E-state index contributed by atoms with van der Waals surface area (Å²) >= 11 is 22.3. The van der Waals surface area contributed by atoms with E-state index in [9.17, 15) is 18.4 Å². The van der Waals surface area contributed by atoms with Crippen molar-refractivity contribution in [1.82, 2.24) is 0 Å². The predicted octanol–water partition coefficient (Wildman–Crippen LogP) is 6.74. The molecule has 176 valence electrons. The number of anilines is 3. The fourth-order valence-corrected chi connectivity index (χ4v) is 5.07. The third-order valence-electron chi connectivity index (χ3n) is 5.40. The number of benzene rings is 3. The van der Waals surface area contributed by atoms with E-state index < -0.39 is 45.3 Å². The van der Waals surface area contributed by atoms with E-state index in [0.29, 0.717) is 0 Å². The molecule has 2 amide bonds. The molecule has 4 N–H and O–H groups in total. The number of carbonyl (C=O) groups is 2. The zero-order valence-corrected chi connectivity index (χ0v) is 20.9. The normalized spacial score (nSPS) is 18.3. The SMILES string of the molecule is Nc1c(F)ccc(NC(=O)c2cc(NC(=O)[C@H]3[C@H](c4cccc(Br)c4)C3(Cl)Cl)ccc2Cl)c1F. The fraction of sp³-hybridized carbons (Fsp3) is 0.130. The minimum Gasteiger partial charge on any atom is -0.394 e. The lowest BCUT2D eigenvalue weighted by atomic mass is 10.1. The maximum Gasteiger partial charge on any atom is 0.257 e. The number of amides is 2. The highest BCUT2D eigenvalue weighted by molar-refractivity contribution is 9.10. The lowest BCUT2D eigenvalue weighted by Crippen LogP contribution is -2.18. The van der Waals surface area contributed by atoms with Crippen molar-refractivity contribution in [1.29, 1.82) is 0 Å². The van der Waals surface area contributed by atoms with Crippen LogP contribution in [0.3, 0.4) is 0 Å². The Labute approximate surface area is 216 Å². The molecule has 0 saturated heterocycles. The summed E-state index contributed by atoms with van der Waals surface area (Å²) < 4.78 is 27.1. The summed E-state index contributed by atoms with van der Waals surface area (Å²) in [5, 5.41) is 5.03. The monoisotopic (exact) mass is 587 g/mol. The van der Waals surface area contributed by atoms with Crippen LogP contribution in [-0.4, -0.2) is 16.1 Å². The van der Waals surface area contributed by atoms with Crippen LogP contribution in [0.15, 0.2) is 59.1 Å². The van der Waals surface area contributed by atoms with E-state index in [1.165, 1.54) is 18.2 Å². The molecule has 0 heterocycles. The topological polar surface area (TPSA) is 84.2 Å². The lowest BCUT2D eigenvalue weighted by molar-refractivity contribution is -0.117. The van der Waals surface area contributed by atoms with E-state index in [1.807, 2.05) is 24.3 Å². The average molecular weight is 590 g/mol. The van der Waals surface area contributed by atoms with E-state index in [2.05, 4.69) is 26.6 Å². The van der Waals surface area contributed by atoms with Gasteiger partial charge in [-0.15, -0.1) is 23.2 Å². The predicted molar refractivity (Wildman–Crippen MR) is 134 cm³/mol. The molecular formula is C23H15BrCl3F2N3O2. The number of nitrogens with two attached hydrogens (primary N) is 1. The average Bonchev–Trinajstić information content (AvgIpc) is 3.37. The largest absolute Gasteiger partial charge is 0.394 e. The molecule has 3 aromatic rings. The van der Waals surface area contributed by atoms with Gasteiger partial charge in [0.15, 0.2) is 5.82 Å². The van der Waals surface area contributed by atoms with Crippen molar-refractivity contribution in [2.75, 3.05) is 16.4 Å². The van der Waals surface area contributed by atoms with Crippen molar-refractivity contribution in [3.05, 3.63) is 86.9 Å². The summed E-state index contributed by atoms with van der Waals surface area (Å²) in [5.74, 6) is -4.44. The Morgan fingerprint density at radius 3 is 2.47 bits per heavy atom. The highest BCUT2D eigenvalue weighted by Gasteiger charge is 2.67. The Kier molecular flexibility index (Phi) is 6.79. The Balaban J connectivity index is 1.52. The zero-order valence-electron chi connectivity index (χ0n) is 17.0. The molecule has 0 aliphatic heterocycles. The number of halogens is 6. The number of hydrogen-bond acceptors (Lipinski definition) is 3. The van der Waals surface area contributed by atoms with E-state index in [-0.39, 0.29) is 22.0 Å². The van der Waals surface area contributed by atoms with Crippen molar-refractivity contribution in [3.63, 3.8) is 0 Å². The quantitative estimate of drug-likeness (QED) is 0.228. The van der Waals surface area contributed by atoms with Crippen molar-refractivity contribution in [2.45, 2.75) is 10.3 Å². The molecule has 1 fully saturated rings. The molecule has 0 aromatic heterocycles. The van der Waals surface area contributed by atoms with Crippen molar-refractivity contribution in [3.8, 4) is 0 Å². The van der Waals surface area contributed by atoms with Crippen LogP contribution in [0.2, 0.25) is 5.02 Å². The second kappa shape index (κ2) is 9.34. The first-order valence-electron chi connectivity index (χ1n) is 9.79. The molecule has 3 aromatic carbocycles. The van der Waals surface area contributed by atoms with Gasteiger partial charge >= 0.3 is 0 Å². The second-order valence-electron chi connectivity index (χ2n) is 7.65. The van der Waals surface area contributed by atoms with Crippen molar-refractivity contribution >= 4 is 79.6 Å². The Bertz CT molecular complexity index is 1320. The van der Waals surface area contributed by atoms with Gasteiger partial charge < -0.3 is 16.4 Å². The van der Waals surface area contributed by atoms with Gasteiger partial charge in [0.2, 0.25) is 5.91 Å². The molecule has 1 saturated carbocycles. The molecule has 0 spiro atoms. The molecule has 1 aliphatic rings. The lowest BCUT2D eigenvalue weighted by Gasteiger charge is -2.11. The molecular weight excluding hydrogens is 575 g/mol. The highest BCUT2D eigenvalue weighted by Crippen LogP contribution is 2.65. The van der Waals surface area contributed by atoms with Gasteiger partial charge in [-0.3, -0.25) is 9.59 Å². The van der Waals surface area contributed by atoms with Gasteiger partial charge in [0.25, 0.3) is 5.91 Å². The van der Waals surface area contributed by atoms with E-state index in [0.717, 1.165) is 22.2 Å². The summed E-state index contributed by atoms with van der Waals surface area (Å²) in [7, 11) is 0. The van der Waals surface area contributed by atoms with Gasteiger partial charge in [-0.25, -0.2) is 8.78 Å². The van der Waals surface area contributed by atoms with Crippen LogP contribution < -0.4 is 16.4 Å². The third kappa shape index (κ3) is 4.73. The van der Waals surface area contributed by atoms with E-state index in [4.69, 9.17) is 40.5 Å². The number of hydrogen-bond donors (Lipinski definition) is 3. The molecule has 34 heavy (non-hydrogen) atoms. The molecule has 4 rings (SSSR count). The van der Waals surface area contributed by atoms with E-state index >= 15 is 0 Å². The third-order valence-corrected chi connectivity index (χ3v) is 7.16. The fourth-order valence-electron chi connectivity index (χ4n) is 3.62. The minimum absolute atomic E-state index is 0.0495. The van der Waals surface area contributed by atoms with Gasteiger partial charge in [0.05, 0.1) is 22.2 Å². The first-order chi connectivity index (χ1) is 16.0. The number of rotatable bonds is 5. The van der Waals surface area contributed by atoms with Crippen LogP contribution in [0, 0.1) is 17.6 Å². The van der Waals surface area contributed by atoms with Crippen LogP contribution in [0.4, 0.5) is 25.8 Å².